The monoisotopic (exact) mass is 370 g/mol. The van der Waals surface area contributed by atoms with Crippen LogP contribution in [0.3, 0.4) is 0 Å². The van der Waals surface area contributed by atoms with E-state index >= 15 is 0 Å². The molecule has 2 aliphatic rings. The summed E-state index contributed by atoms with van der Waals surface area (Å²) in [5.41, 5.74) is 2.10. The number of para-hydroxylation sites is 1. The van der Waals surface area contributed by atoms with Gasteiger partial charge < -0.3 is 19.9 Å². The Balaban J connectivity index is 1.36. The molecule has 0 saturated carbocycles. The van der Waals surface area contributed by atoms with Gasteiger partial charge in [0, 0.05) is 56.2 Å². The van der Waals surface area contributed by atoms with Gasteiger partial charge in [-0.15, -0.1) is 0 Å². The Morgan fingerprint density at radius 1 is 1.26 bits per heavy atom. The topological polar surface area (TPSA) is 77.7 Å². The maximum absolute atomic E-state index is 12.7. The maximum Gasteiger partial charge on any atom is 0.242 e. The number of carbonyl (C=O) groups is 2. The van der Waals surface area contributed by atoms with Crippen LogP contribution in [-0.2, 0) is 20.9 Å². The number of nitrogens with zero attached hydrogens (tertiary/aromatic N) is 2. The number of aromatic nitrogens is 1. The van der Waals surface area contributed by atoms with Gasteiger partial charge >= 0.3 is 0 Å². The number of hydrogen-bond donors (Lipinski definition) is 2. The van der Waals surface area contributed by atoms with Gasteiger partial charge in [0.2, 0.25) is 11.8 Å². The van der Waals surface area contributed by atoms with Gasteiger partial charge in [0.25, 0.3) is 0 Å². The highest BCUT2D eigenvalue weighted by atomic mass is 16.5. The lowest BCUT2D eigenvalue weighted by atomic mass is 10.1. The van der Waals surface area contributed by atoms with Gasteiger partial charge in [-0.3, -0.25) is 14.5 Å². The third-order valence-corrected chi connectivity index (χ3v) is 5.48. The fraction of sp³-hybridized carbons (Fsp3) is 0.500. The van der Waals surface area contributed by atoms with E-state index in [1.807, 2.05) is 30.5 Å². The summed E-state index contributed by atoms with van der Waals surface area (Å²) in [6.45, 7) is 5.20. The first-order valence-corrected chi connectivity index (χ1v) is 9.64. The molecule has 7 nitrogen and oxygen atoms in total. The number of amides is 2. The summed E-state index contributed by atoms with van der Waals surface area (Å²) in [5.74, 6) is 0.00237. The normalized spacial score (nSPS) is 21.1. The number of benzene rings is 1. The summed E-state index contributed by atoms with van der Waals surface area (Å²) in [6.07, 6.45) is 2.96. The Hall–Kier alpha value is -2.38. The molecule has 1 atom stereocenters. The minimum atomic E-state index is -0.379. The van der Waals surface area contributed by atoms with E-state index in [1.165, 1.54) is 0 Å². The number of aromatic amines is 1. The zero-order valence-electron chi connectivity index (χ0n) is 15.4. The number of morpholine rings is 1. The zero-order chi connectivity index (χ0) is 18.6. The van der Waals surface area contributed by atoms with Crippen molar-refractivity contribution in [2.45, 2.75) is 25.4 Å². The molecule has 7 heteroatoms. The summed E-state index contributed by atoms with van der Waals surface area (Å²) in [5, 5.41) is 4.12. The molecule has 1 aromatic heterocycles. The number of fused-ring (bicyclic) bond motifs is 1. The molecule has 3 heterocycles. The molecule has 2 aliphatic heterocycles. The molecule has 0 bridgehead atoms. The summed E-state index contributed by atoms with van der Waals surface area (Å²) in [4.78, 5) is 32.3. The number of carbonyl (C=O) groups excluding carboxylic acids is 2. The van der Waals surface area contributed by atoms with E-state index in [9.17, 15) is 9.59 Å². The van der Waals surface area contributed by atoms with Crippen molar-refractivity contribution in [2.75, 3.05) is 39.4 Å². The van der Waals surface area contributed by atoms with Crippen molar-refractivity contribution in [3.05, 3.63) is 36.0 Å². The van der Waals surface area contributed by atoms with E-state index < -0.39 is 0 Å². The van der Waals surface area contributed by atoms with Crippen LogP contribution in [0.25, 0.3) is 10.9 Å². The Kier molecular flexibility index (Phi) is 5.40. The molecule has 2 N–H and O–H groups in total. The van der Waals surface area contributed by atoms with Gasteiger partial charge in [0.1, 0.15) is 6.04 Å². The van der Waals surface area contributed by atoms with Crippen molar-refractivity contribution < 1.29 is 14.3 Å². The zero-order valence-corrected chi connectivity index (χ0v) is 15.4. The van der Waals surface area contributed by atoms with E-state index in [1.54, 1.807) is 4.90 Å². The minimum absolute atomic E-state index is 0.0473. The van der Waals surface area contributed by atoms with Gasteiger partial charge in [-0.25, -0.2) is 0 Å². The molecule has 0 spiro atoms. The Bertz CT molecular complexity index is 812. The quantitative estimate of drug-likeness (QED) is 0.799. The average molecular weight is 370 g/mol. The van der Waals surface area contributed by atoms with Crippen LogP contribution >= 0.6 is 0 Å². The van der Waals surface area contributed by atoms with E-state index in [0.29, 0.717) is 25.9 Å². The van der Waals surface area contributed by atoms with E-state index in [0.717, 1.165) is 49.3 Å². The van der Waals surface area contributed by atoms with Crippen molar-refractivity contribution in [1.82, 2.24) is 20.1 Å². The number of ether oxygens (including phenoxy) is 1. The molecule has 144 valence electrons. The molecule has 1 aromatic carbocycles. The van der Waals surface area contributed by atoms with Crippen LogP contribution in [-0.4, -0.2) is 72.0 Å². The predicted octanol–water partition coefficient (Wildman–Crippen LogP) is 1.11. The third kappa shape index (κ3) is 3.99. The van der Waals surface area contributed by atoms with Crippen molar-refractivity contribution in [1.29, 1.82) is 0 Å². The highest BCUT2D eigenvalue weighted by molar-refractivity contribution is 5.91. The van der Waals surface area contributed by atoms with Gasteiger partial charge in [-0.05, 0) is 18.1 Å². The molecule has 2 amide bonds. The second-order valence-corrected chi connectivity index (χ2v) is 7.18. The number of likely N-dealkylation sites (tertiary alicyclic amines) is 1. The lowest BCUT2D eigenvalue weighted by Crippen LogP contribution is -2.47. The van der Waals surface area contributed by atoms with Gasteiger partial charge in [-0.2, -0.15) is 0 Å². The number of hydrogen-bond acceptors (Lipinski definition) is 4. The van der Waals surface area contributed by atoms with Crippen LogP contribution in [0, 0.1) is 0 Å². The predicted molar refractivity (Wildman–Crippen MR) is 102 cm³/mol. The molecule has 2 fully saturated rings. The second kappa shape index (κ2) is 8.10. The molecule has 4 rings (SSSR count). The Morgan fingerprint density at radius 2 is 2.07 bits per heavy atom. The molecule has 2 saturated heterocycles. The molecule has 0 aliphatic carbocycles. The van der Waals surface area contributed by atoms with E-state index in [4.69, 9.17) is 4.74 Å². The van der Waals surface area contributed by atoms with E-state index in [-0.39, 0.29) is 17.9 Å². The van der Waals surface area contributed by atoms with Crippen LogP contribution < -0.4 is 5.32 Å². The number of nitrogens with one attached hydrogen (secondary N) is 2. The summed E-state index contributed by atoms with van der Waals surface area (Å²) in [7, 11) is 0. The molecule has 27 heavy (non-hydrogen) atoms. The van der Waals surface area contributed by atoms with Crippen LogP contribution in [0.5, 0.6) is 0 Å². The van der Waals surface area contributed by atoms with Crippen LogP contribution in [0.4, 0.5) is 0 Å². The smallest absolute Gasteiger partial charge is 0.242 e. The molecule has 1 unspecified atom stereocenters. The molecule has 0 radical (unpaired) electrons. The number of H-pyrrole nitrogens is 1. The van der Waals surface area contributed by atoms with Gasteiger partial charge in [0.15, 0.2) is 0 Å². The van der Waals surface area contributed by atoms with Gasteiger partial charge in [-0.1, -0.05) is 18.2 Å². The molecule has 2 aromatic rings. The first-order valence-electron chi connectivity index (χ1n) is 9.64. The van der Waals surface area contributed by atoms with Crippen molar-refractivity contribution in [3.63, 3.8) is 0 Å². The molecular formula is C20H26N4O3. The van der Waals surface area contributed by atoms with Crippen LogP contribution in [0.15, 0.2) is 30.5 Å². The summed E-state index contributed by atoms with van der Waals surface area (Å²) >= 11 is 0. The van der Waals surface area contributed by atoms with Crippen molar-refractivity contribution in [2.24, 2.45) is 0 Å². The lowest BCUT2D eigenvalue weighted by molar-refractivity contribution is -0.135. The highest BCUT2D eigenvalue weighted by Gasteiger charge is 2.36. The fourth-order valence-corrected chi connectivity index (χ4v) is 3.93. The highest BCUT2D eigenvalue weighted by Crippen LogP contribution is 2.25. The first kappa shape index (κ1) is 18.0. The largest absolute Gasteiger partial charge is 0.379 e. The van der Waals surface area contributed by atoms with E-state index in [2.05, 4.69) is 15.2 Å². The minimum Gasteiger partial charge on any atom is -0.379 e. The standard InChI is InChI=1S/C20H26N4O3/c25-19-6-5-18(20(26)21-7-8-23-9-11-27-12-10-23)24(19)14-15-13-22-17-4-2-1-3-16(15)17/h1-4,13,18,22H,5-12,14H2,(H,21,26). The Morgan fingerprint density at radius 3 is 2.93 bits per heavy atom. The third-order valence-electron chi connectivity index (χ3n) is 5.48. The second-order valence-electron chi connectivity index (χ2n) is 7.18. The summed E-state index contributed by atoms with van der Waals surface area (Å²) in [6, 6.07) is 7.64. The van der Waals surface area contributed by atoms with Crippen molar-refractivity contribution in [3.8, 4) is 0 Å². The van der Waals surface area contributed by atoms with Crippen molar-refractivity contribution >= 4 is 22.7 Å². The van der Waals surface area contributed by atoms with Gasteiger partial charge in [0.05, 0.1) is 13.2 Å². The molecular weight excluding hydrogens is 344 g/mol. The maximum atomic E-state index is 12.7. The lowest BCUT2D eigenvalue weighted by Gasteiger charge is -2.27. The fourth-order valence-electron chi connectivity index (χ4n) is 3.93. The SMILES string of the molecule is O=C(NCCN1CCOCC1)C1CCC(=O)N1Cc1c[nH]c2ccccc12. The summed E-state index contributed by atoms with van der Waals surface area (Å²) < 4.78 is 5.34. The van der Waals surface area contributed by atoms with Crippen LogP contribution in [0.1, 0.15) is 18.4 Å². The average Bonchev–Trinajstić information content (AvgIpc) is 3.27. The Labute approximate surface area is 158 Å². The number of rotatable bonds is 6. The first-order chi connectivity index (χ1) is 13.2. The van der Waals surface area contributed by atoms with Crippen LogP contribution in [0.2, 0.25) is 0 Å².